The van der Waals surface area contributed by atoms with Crippen LogP contribution in [0.4, 0.5) is 5.69 Å². The highest BCUT2D eigenvalue weighted by molar-refractivity contribution is 5.92. The van der Waals surface area contributed by atoms with Crippen LogP contribution in [0.25, 0.3) is 0 Å². The molecule has 2 aromatic carbocycles. The van der Waals surface area contributed by atoms with Crippen molar-refractivity contribution in [1.82, 2.24) is 5.32 Å². The van der Waals surface area contributed by atoms with Crippen LogP contribution in [-0.4, -0.2) is 49.3 Å². The Kier molecular flexibility index (Phi) is 6.68. The molecule has 1 aliphatic rings. The van der Waals surface area contributed by atoms with Crippen LogP contribution in [0.5, 0.6) is 17.2 Å². The minimum absolute atomic E-state index is 0.0491. The number of hydrogen-bond acceptors (Lipinski definition) is 8. The average Bonchev–Trinajstić information content (AvgIpc) is 2.76. The van der Waals surface area contributed by atoms with Crippen molar-refractivity contribution >= 4 is 17.6 Å². The Bertz CT molecular complexity index is 946. The molecule has 10 nitrogen and oxygen atoms in total. The third-order valence-electron chi connectivity index (χ3n) is 4.12. The Balaban J connectivity index is 1.48. The van der Waals surface area contributed by atoms with E-state index in [1.165, 1.54) is 12.1 Å². The van der Waals surface area contributed by atoms with Gasteiger partial charge in [-0.2, -0.15) is 0 Å². The quantitative estimate of drug-likeness (QED) is 0.394. The second-order valence-electron chi connectivity index (χ2n) is 6.25. The van der Waals surface area contributed by atoms with Crippen LogP contribution in [-0.2, 0) is 9.53 Å². The van der Waals surface area contributed by atoms with E-state index in [0.717, 1.165) is 6.07 Å². The molecule has 0 unspecified atom stereocenters. The van der Waals surface area contributed by atoms with Crippen LogP contribution in [0.1, 0.15) is 17.3 Å². The van der Waals surface area contributed by atoms with Gasteiger partial charge in [0.2, 0.25) is 0 Å². The molecule has 0 radical (unpaired) electrons. The summed E-state index contributed by atoms with van der Waals surface area (Å²) in [5, 5.41) is 13.7. The van der Waals surface area contributed by atoms with Crippen LogP contribution in [0.3, 0.4) is 0 Å². The van der Waals surface area contributed by atoms with E-state index in [2.05, 4.69) is 5.32 Å². The first-order chi connectivity index (χ1) is 14.5. The molecule has 0 saturated carbocycles. The Morgan fingerprint density at radius 2 is 2.00 bits per heavy atom. The number of benzene rings is 2. The fourth-order valence-electron chi connectivity index (χ4n) is 2.72. The standard InChI is InChI=1S/C20H20N2O8/c1-2-27-16-8-7-13(9-15(16)22(25)26)20(24)29-12-19(23)21-10-14-11-28-17-5-3-4-6-18(17)30-14/h3-9,14H,2,10-12H2,1H3,(H,21,23)/t14-/m1/s1. The lowest BCUT2D eigenvalue weighted by atomic mass is 10.2. The first-order valence-corrected chi connectivity index (χ1v) is 9.21. The van der Waals surface area contributed by atoms with Crippen LogP contribution in [0.2, 0.25) is 0 Å². The van der Waals surface area contributed by atoms with Gasteiger partial charge < -0.3 is 24.3 Å². The predicted octanol–water partition coefficient (Wildman–Crippen LogP) is 2.11. The van der Waals surface area contributed by atoms with Crippen LogP contribution in [0.15, 0.2) is 42.5 Å². The summed E-state index contributed by atoms with van der Waals surface area (Å²) in [4.78, 5) is 34.6. The number of hydrogen-bond donors (Lipinski definition) is 1. The van der Waals surface area contributed by atoms with Gasteiger partial charge in [0.05, 0.1) is 23.6 Å². The lowest BCUT2D eigenvalue weighted by Crippen LogP contribution is -2.42. The maximum atomic E-state index is 12.1. The van der Waals surface area contributed by atoms with E-state index >= 15 is 0 Å². The largest absolute Gasteiger partial charge is 0.487 e. The Labute approximate surface area is 171 Å². The van der Waals surface area contributed by atoms with Gasteiger partial charge in [-0.15, -0.1) is 0 Å². The summed E-state index contributed by atoms with van der Waals surface area (Å²) < 4.78 is 21.4. The van der Waals surface area contributed by atoms with Gasteiger partial charge in [-0.25, -0.2) is 4.79 Å². The second kappa shape index (κ2) is 9.59. The highest BCUT2D eigenvalue weighted by Crippen LogP contribution is 2.30. The number of nitro benzene ring substituents is 1. The van der Waals surface area contributed by atoms with E-state index in [4.69, 9.17) is 18.9 Å². The molecular formula is C20H20N2O8. The fraction of sp³-hybridized carbons (Fsp3) is 0.300. The molecule has 1 aliphatic heterocycles. The molecule has 1 amide bonds. The molecule has 0 bridgehead atoms. The normalized spacial score (nSPS) is 14.5. The number of para-hydroxylation sites is 2. The highest BCUT2D eigenvalue weighted by atomic mass is 16.6. The Morgan fingerprint density at radius 3 is 2.73 bits per heavy atom. The van der Waals surface area contributed by atoms with E-state index in [0.29, 0.717) is 11.5 Å². The molecule has 0 aromatic heterocycles. The summed E-state index contributed by atoms with van der Waals surface area (Å²) in [6.07, 6.45) is -0.381. The SMILES string of the molecule is CCOc1ccc(C(=O)OCC(=O)NC[C@@H]2COc3ccccc3O2)cc1[N+](=O)[O-]. The van der Waals surface area contributed by atoms with Gasteiger partial charge >= 0.3 is 11.7 Å². The fourth-order valence-corrected chi connectivity index (χ4v) is 2.72. The minimum Gasteiger partial charge on any atom is -0.487 e. The number of carbonyl (C=O) groups is 2. The lowest BCUT2D eigenvalue weighted by Gasteiger charge is -2.26. The number of ether oxygens (including phenoxy) is 4. The molecule has 3 rings (SSSR count). The monoisotopic (exact) mass is 416 g/mol. The van der Waals surface area contributed by atoms with E-state index in [-0.39, 0.29) is 42.9 Å². The molecule has 0 fully saturated rings. The zero-order chi connectivity index (χ0) is 21.5. The third kappa shape index (κ3) is 5.16. The van der Waals surface area contributed by atoms with Gasteiger partial charge in [0, 0.05) is 6.07 Å². The third-order valence-corrected chi connectivity index (χ3v) is 4.12. The van der Waals surface area contributed by atoms with Crippen molar-refractivity contribution in [3.8, 4) is 17.2 Å². The van der Waals surface area contributed by atoms with Gasteiger partial charge in [-0.05, 0) is 31.2 Å². The molecule has 1 N–H and O–H groups in total. The molecule has 0 aliphatic carbocycles. The molecule has 158 valence electrons. The summed E-state index contributed by atoms with van der Waals surface area (Å²) in [6, 6.07) is 10.9. The van der Waals surface area contributed by atoms with Crippen molar-refractivity contribution in [1.29, 1.82) is 0 Å². The first-order valence-electron chi connectivity index (χ1n) is 9.21. The number of fused-ring (bicyclic) bond motifs is 1. The second-order valence-corrected chi connectivity index (χ2v) is 6.25. The predicted molar refractivity (Wildman–Crippen MR) is 104 cm³/mol. The Hall–Kier alpha value is -3.82. The van der Waals surface area contributed by atoms with Crippen molar-refractivity contribution in [3.63, 3.8) is 0 Å². The van der Waals surface area contributed by atoms with E-state index in [9.17, 15) is 19.7 Å². The molecule has 30 heavy (non-hydrogen) atoms. The summed E-state index contributed by atoms with van der Waals surface area (Å²) in [5.74, 6) is -0.119. The number of rotatable bonds is 8. The molecule has 2 aromatic rings. The van der Waals surface area contributed by atoms with E-state index in [1.54, 1.807) is 19.1 Å². The lowest BCUT2D eigenvalue weighted by molar-refractivity contribution is -0.385. The van der Waals surface area contributed by atoms with E-state index in [1.807, 2.05) is 12.1 Å². The molecule has 1 atom stereocenters. The summed E-state index contributed by atoms with van der Waals surface area (Å²) >= 11 is 0. The zero-order valence-corrected chi connectivity index (χ0v) is 16.2. The topological polar surface area (TPSA) is 126 Å². The molecule has 1 heterocycles. The summed E-state index contributed by atoms with van der Waals surface area (Å²) in [6.45, 7) is 1.83. The maximum absolute atomic E-state index is 12.1. The van der Waals surface area contributed by atoms with Crippen molar-refractivity contribution in [2.45, 2.75) is 13.0 Å². The number of carbonyl (C=O) groups excluding carboxylic acids is 2. The van der Waals surface area contributed by atoms with Crippen molar-refractivity contribution < 1.29 is 33.5 Å². The van der Waals surface area contributed by atoms with Gasteiger partial charge in [-0.3, -0.25) is 14.9 Å². The highest BCUT2D eigenvalue weighted by Gasteiger charge is 2.22. The summed E-state index contributed by atoms with van der Waals surface area (Å²) in [7, 11) is 0. The molecule has 0 spiro atoms. The number of esters is 1. The van der Waals surface area contributed by atoms with Gasteiger partial charge in [0.15, 0.2) is 23.9 Å². The van der Waals surface area contributed by atoms with E-state index < -0.39 is 23.4 Å². The smallest absolute Gasteiger partial charge is 0.338 e. The van der Waals surface area contributed by atoms with Gasteiger partial charge in [-0.1, -0.05) is 12.1 Å². The van der Waals surface area contributed by atoms with Crippen LogP contribution < -0.4 is 19.5 Å². The summed E-state index contributed by atoms with van der Waals surface area (Å²) in [5.41, 5.74) is -0.413. The molecule has 10 heteroatoms. The van der Waals surface area contributed by atoms with Gasteiger partial charge in [0.1, 0.15) is 12.7 Å². The molecule has 0 saturated heterocycles. The number of nitrogens with one attached hydrogen (secondary N) is 1. The first kappa shape index (κ1) is 20.9. The molecular weight excluding hydrogens is 396 g/mol. The van der Waals surface area contributed by atoms with Crippen molar-refractivity contribution in [2.24, 2.45) is 0 Å². The Morgan fingerprint density at radius 1 is 1.23 bits per heavy atom. The number of nitrogens with zero attached hydrogens (tertiary/aromatic N) is 1. The van der Waals surface area contributed by atoms with Gasteiger partial charge in [0.25, 0.3) is 5.91 Å². The number of nitro groups is 1. The zero-order valence-electron chi connectivity index (χ0n) is 16.2. The minimum atomic E-state index is -0.859. The average molecular weight is 416 g/mol. The van der Waals surface area contributed by atoms with Crippen molar-refractivity contribution in [2.75, 3.05) is 26.4 Å². The van der Waals surface area contributed by atoms with Crippen LogP contribution in [0, 0.1) is 10.1 Å². The number of amides is 1. The maximum Gasteiger partial charge on any atom is 0.338 e. The van der Waals surface area contributed by atoms with Crippen molar-refractivity contribution in [3.05, 3.63) is 58.1 Å². The van der Waals surface area contributed by atoms with Crippen LogP contribution >= 0.6 is 0 Å².